The highest BCUT2D eigenvalue weighted by molar-refractivity contribution is 9.10. The summed E-state index contributed by atoms with van der Waals surface area (Å²) >= 11 is 3.30. The molecule has 4 nitrogen and oxygen atoms in total. The number of nitrogen functional groups attached to an aromatic ring is 1. The van der Waals surface area contributed by atoms with Crippen molar-refractivity contribution < 1.29 is 8.42 Å². The third kappa shape index (κ3) is 3.18. The Kier molecular flexibility index (Phi) is 4.76. The van der Waals surface area contributed by atoms with Crippen LogP contribution >= 0.6 is 15.9 Å². The van der Waals surface area contributed by atoms with Gasteiger partial charge in [0, 0.05) is 23.2 Å². The summed E-state index contributed by atoms with van der Waals surface area (Å²) in [5.41, 5.74) is 6.22. The zero-order valence-corrected chi connectivity index (χ0v) is 14.2. The van der Waals surface area contributed by atoms with Crippen LogP contribution in [0.25, 0.3) is 0 Å². The SMILES string of the molecule is CC1CCCC(N(C)S(=O)(=O)c2ccc(N)cc2Br)C1. The molecule has 2 rings (SSSR count). The summed E-state index contributed by atoms with van der Waals surface area (Å²) in [4.78, 5) is 0.285. The summed E-state index contributed by atoms with van der Waals surface area (Å²) in [5.74, 6) is 0.584. The average molecular weight is 361 g/mol. The van der Waals surface area contributed by atoms with Crippen molar-refractivity contribution in [3.8, 4) is 0 Å². The number of nitrogens with zero attached hydrogens (tertiary/aromatic N) is 1. The van der Waals surface area contributed by atoms with Gasteiger partial charge in [0.25, 0.3) is 0 Å². The molecule has 0 aromatic heterocycles. The van der Waals surface area contributed by atoms with Crippen LogP contribution < -0.4 is 5.73 Å². The Hall–Kier alpha value is -0.590. The molecule has 0 saturated heterocycles. The molecule has 2 atom stereocenters. The lowest BCUT2D eigenvalue weighted by Crippen LogP contribution is -2.39. The van der Waals surface area contributed by atoms with Gasteiger partial charge in [0.1, 0.15) is 0 Å². The van der Waals surface area contributed by atoms with Crippen molar-refractivity contribution in [3.05, 3.63) is 22.7 Å². The van der Waals surface area contributed by atoms with E-state index in [-0.39, 0.29) is 10.9 Å². The van der Waals surface area contributed by atoms with E-state index in [9.17, 15) is 8.42 Å². The van der Waals surface area contributed by atoms with Gasteiger partial charge in [-0.25, -0.2) is 8.42 Å². The van der Waals surface area contributed by atoms with E-state index in [1.54, 1.807) is 25.2 Å². The molecule has 20 heavy (non-hydrogen) atoms. The van der Waals surface area contributed by atoms with Gasteiger partial charge in [-0.3, -0.25) is 0 Å². The molecule has 1 aliphatic carbocycles. The van der Waals surface area contributed by atoms with Crippen molar-refractivity contribution in [3.63, 3.8) is 0 Å². The van der Waals surface area contributed by atoms with Gasteiger partial charge >= 0.3 is 0 Å². The summed E-state index contributed by atoms with van der Waals surface area (Å²) in [7, 11) is -1.80. The Morgan fingerprint density at radius 2 is 2.05 bits per heavy atom. The van der Waals surface area contributed by atoms with Gasteiger partial charge in [-0.05, 0) is 52.9 Å². The van der Waals surface area contributed by atoms with E-state index in [1.165, 1.54) is 10.7 Å². The second-order valence-corrected chi connectivity index (χ2v) is 8.46. The largest absolute Gasteiger partial charge is 0.399 e. The summed E-state index contributed by atoms with van der Waals surface area (Å²) < 4.78 is 27.5. The fourth-order valence-electron chi connectivity index (χ4n) is 2.81. The zero-order valence-electron chi connectivity index (χ0n) is 11.8. The van der Waals surface area contributed by atoms with E-state index < -0.39 is 10.0 Å². The van der Waals surface area contributed by atoms with E-state index in [0.29, 0.717) is 16.1 Å². The van der Waals surface area contributed by atoms with Gasteiger partial charge in [0.15, 0.2) is 0 Å². The molecule has 1 aromatic carbocycles. The van der Waals surface area contributed by atoms with Crippen molar-refractivity contribution >= 4 is 31.6 Å². The molecule has 0 amide bonds. The Morgan fingerprint density at radius 1 is 1.35 bits per heavy atom. The Labute approximate surface area is 129 Å². The number of nitrogens with two attached hydrogens (primary N) is 1. The Morgan fingerprint density at radius 3 is 2.65 bits per heavy atom. The van der Waals surface area contributed by atoms with Crippen molar-refractivity contribution in [1.82, 2.24) is 4.31 Å². The van der Waals surface area contributed by atoms with Crippen LogP contribution in [0.4, 0.5) is 5.69 Å². The quantitative estimate of drug-likeness (QED) is 0.841. The number of hydrogen-bond donors (Lipinski definition) is 1. The molecule has 2 N–H and O–H groups in total. The predicted octanol–water partition coefficient (Wildman–Crippen LogP) is 3.23. The van der Waals surface area contributed by atoms with Crippen molar-refractivity contribution in [2.45, 2.75) is 43.5 Å². The molecular formula is C14H21BrN2O2S. The molecule has 0 heterocycles. The second kappa shape index (κ2) is 6.03. The molecule has 0 spiro atoms. The summed E-state index contributed by atoms with van der Waals surface area (Å²) in [6.45, 7) is 2.19. The van der Waals surface area contributed by atoms with Crippen LogP contribution in [0.5, 0.6) is 0 Å². The molecule has 1 saturated carbocycles. The summed E-state index contributed by atoms with van der Waals surface area (Å²) in [6.07, 6.45) is 4.15. The van der Waals surface area contributed by atoms with Gasteiger partial charge < -0.3 is 5.73 Å². The van der Waals surface area contributed by atoms with E-state index in [2.05, 4.69) is 22.9 Å². The number of hydrogen-bond acceptors (Lipinski definition) is 3. The highest BCUT2D eigenvalue weighted by Gasteiger charge is 2.32. The summed E-state index contributed by atoms with van der Waals surface area (Å²) in [6, 6.07) is 4.91. The van der Waals surface area contributed by atoms with Crippen LogP contribution in [0, 0.1) is 5.92 Å². The van der Waals surface area contributed by atoms with Gasteiger partial charge in [-0.2, -0.15) is 4.31 Å². The highest BCUT2D eigenvalue weighted by Crippen LogP contribution is 2.32. The Balaban J connectivity index is 2.29. The molecule has 1 fully saturated rings. The van der Waals surface area contributed by atoms with E-state index in [0.717, 1.165) is 19.3 Å². The fourth-order valence-corrected chi connectivity index (χ4v) is 5.26. The molecule has 0 radical (unpaired) electrons. The van der Waals surface area contributed by atoms with E-state index in [1.807, 2.05) is 0 Å². The molecule has 112 valence electrons. The lowest BCUT2D eigenvalue weighted by molar-refractivity contribution is 0.239. The van der Waals surface area contributed by atoms with Crippen LogP contribution in [0.3, 0.4) is 0 Å². The van der Waals surface area contributed by atoms with Crippen molar-refractivity contribution in [2.24, 2.45) is 5.92 Å². The molecule has 2 unspecified atom stereocenters. The van der Waals surface area contributed by atoms with Gasteiger partial charge in [-0.15, -0.1) is 0 Å². The second-order valence-electron chi connectivity index (χ2n) is 5.64. The maximum atomic E-state index is 12.7. The van der Waals surface area contributed by atoms with Gasteiger partial charge in [0.05, 0.1) is 4.90 Å². The van der Waals surface area contributed by atoms with Crippen LogP contribution in [0.15, 0.2) is 27.6 Å². The van der Waals surface area contributed by atoms with Gasteiger partial charge in [0.2, 0.25) is 10.0 Å². The first-order valence-electron chi connectivity index (χ1n) is 6.85. The topological polar surface area (TPSA) is 63.4 Å². The number of benzene rings is 1. The minimum Gasteiger partial charge on any atom is -0.399 e. The first-order valence-corrected chi connectivity index (χ1v) is 9.08. The first-order chi connectivity index (χ1) is 9.32. The minimum absolute atomic E-state index is 0.0909. The lowest BCUT2D eigenvalue weighted by atomic mass is 9.87. The maximum absolute atomic E-state index is 12.7. The molecular weight excluding hydrogens is 340 g/mol. The minimum atomic E-state index is -3.48. The number of halogens is 1. The molecule has 0 aliphatic heterocycles. The van der Waals surface area contributed by atoms with Crippen LogP contribution in [-0.2, 0) is 10.0 Å². The number of rotatable bonds is 3. The number of anilines is 1. The fraction of sp³-hybridized carbons (Fsp3) is 0.571. The monoisotopic (exact) mass is 360 g/mol. The average Bonchev–Trinajstić information content (AvgIpc) is 2.37. The first kappa shape index (κ1) is 15.8. The Bertz CT molecular complexity index is 589. The van der Waals surface area contributed by atoms with E-state index in [4.69, 9.17) is 5.73 Å². The van der Waals surface area contributed by atoms with Crippen molar-refractivity contribution in [1.29, 1.82) is 0 Å². The van der Waals surface area contributed by atoms with Crippen LogP contribution in [0.1, 0.15) is 32.6 Å². The zero-order chi connectivity index (χ0) is 14.9. The third-order valence-electron chi connectivity index (χ3n) is 4.04. The normalized spacial score (nSPS) is 24.0. The lowest BCUT2D eigenvalue weighted by Gasteiger charge is -2.33. The van der Waals surface area contributed by atoms with E-state index >= 15 is 0 Å². The molecule has 1 aliphatic rings. The summed E-state index contributed by atoms with van der Waals surface area (Å²) in [5, 5.41) is 0. The van der Waals surface area contributed by atoms with Crippen LogP contribution in [-0.4, -0.2) is 25.8 Å². The van der Waals surface area contributed by atoms with Gasteiger partial charge in [-0.1, -0.05) is 19.8 Å². The van der Waals surface area contributed by atoms with Crippen LogP contribution in [0.2, 0.25) is 0 Å². The predicted molar refractivity (Wildman–Crippen MR) is 84.9 cm³/mol. The number of sulfonamides is 1. The van der Waals surface area contributed by atoms with Crippen molar-refractivity contribution in [2.75, 3.05) is 12.8 Å². The molecule has 0 bridgehead atoms. The molecule has 1 aromatic rings. The molecule has 6 heteroatoms. The smallest absolute Gasteiger partial charge is 0.244 e. The maximum Gasteiger partial charge on any atom is 0.244 e. The standard InChI is InChI=1S/C14H21BrN2O2S/c1-10-4-3-5-12(8-10)17(2)20(18,19)14-7-6-11(16)9-13(14)15/h6-7,9-10,12H,3-5,8,16H2,1-2H3. The third-order valence-corrected chi connectivity index (χ3v) is 6.92. The highest BCUT2D eigenvalue weighted by atomic mass is 79.9.